The van der Waals surface area contributed by atoms with Gasteiger partial charge < -0.3 is 20.6 Å². The third kappa shape index (κ3) is 6.04. The maximum Gasteiger partial charge on any atom is 0.315 e. The molecule has 2 atom stereocenters. The average molecular weight is 333 g/mol. The molecule has 3 N–H and O–H groups in total. The van der Waals surface area contributed by atoms with E-state index in [9.17, 15) is 4.79 Å². The Hall–Kier alpha value is -1.75. The molecule has 1 aliphatic heterocycles. The van der Waals surface area contributed by atoms with Crippen LogP contribution in [0, 0.1) is 11.8 Å². The fourth-order valence-corrected chi connectivity index (χ4v) is 3.38. The zero-order valence-electron chi connectivity index (χ0n) is 14.9. The number of para-hydroxylation sites is 1. The van der Waals surface area contributed by atoms with Gasteiger partial charge in [-0.25, -0.2) is 4.79 Å². The Bertz CT molecular complexity index is 493. The lowest BCUT2D eigenvalue weighted by molar-refractivity contribution is 0.223. The second-order valence-corrected chi connectivity index (χ2v) is 7.13. The predicted octanol–water partition coefficient (Wildman–Crippen LogP) is 2.61. The first kappa shape index (κ1) is 18.6. The normalized spacial score (nSPS) is 18.7. The maximum absolute atomic E-state index is 12.1. The van der Waals surface area contributed by atoms with Gasteiger partial charge in [0.05, 0.1) is 0 Å². The highest BCUT2D eigenvalue weighted by Gasteiger charge is 2.24. The van der Waals surface area contributed by atoms with Crippen LogP contribution in [0.25, 0.3) is 0 Å². The van der Waals surface area contributed by atoms with E-state index in [-0.39, 0.29) is 18.7 Å². The van der Waals surface area contributed by atoms with Gasteiger partial charge in [0.25, 0.3) is 0 Å². The van der Waals surface area contributed by atoms with E-state index in [4.69, 9.17) is 5.11 Å². The molecule has 2 amide bonds. The number of aliphatic hydroxyl groups excluding tert-OH is 1. The molecular weight excluding hydrogens is 302 g/mol. The van der Waals surface area contributed by atoms with Crippen LogP contribution < -0.4 is 15.5 Å². The lowest BCUT2D eigenvalue weighted by Gasteiger charge is -2.21. The van der Waals surface area contributed by atoms with Crippen LogP contribution >= 0.6 is 0 Å². The Morgan fingerprint density at radius 2 is 2.08 bits per heavy atom. The molecule has 24 heavy (non-hydrogen) atoms. The SMILES string of the molecule is CC(C)CC(CCO)CNC(=O)NC1CCN(c2ccccc2)C1. The van der Waals surface area contributed by atoms with Crippen molar-refractivity contribution in [3.05, 3.63) is 30.3 Å². The van der Waals surface area contributed by atoms with Gasteiger partial charge in [0.1, 0.15) is 0 Å². The number of carbonyl (C=O) groups excluding carboxylic acids is 1. The first-order chi connectivity index (χ1) is 11.6. The van der Waals surface area contributed by atoms with Gasteiger partial charge in [-0.2, -0.15) is 0 Å². The topological polar surface area (TPSA) is 64.6 Å². The number of urea groups is 1. The summed E-state index contributed by atoms with van der Waals surface area (Å²) in [4.78, 5) is 14.4. The van der Waals surface area contributed by atoms with E-state index in [0.717, 1.165) is 32.4 Å². The van der Waals surface area contributed by atoms with Gasteiger partial charge in [0.15, 0.2) is 0 Å². The van der Waals surface area contributed by atoms with Crippen LogP contribution in [0.1, 0.15) is 33.1 Å². The molecule has 2 rings (SSSR count). The van der Waals surface area contributed by atoms with E-state index < -0.39 is 0 Å². The van der Waals surface area contributed by atoms with E-state index in [2.05, 4.69) is 41.5 Å². The van der Waals surface area contributed by atoms with Crippen molar-refractivity contribution in [2.45, 2.75) is 39.2 Å². The van der Waals surface area contributed by atoms with E-state index in [1.807, 2.05) is 18.2 Å². The van der Waals surface area contributed by atoms with Gasteiger partial charge in [-0.3, -0.25) is 0 Å². The monoisotopic (exact) mass is 333 g/mol. The molecule has 1 saturated heterocycles. The standard InChI is InChI=1S/C19H31N3O2/c1-15(2)12-16(9-11-23)13-20-19(24)21-17-8-10-22(14-17)18-6-4-3-5-7-18/h3-7,15-17,23H,8-14H2,1-2H3,(H2,20,21,24). The lowest BCUT2D eigenvalue weighted by atomic mass is 9.94. The van der Waals surface area contributed by atoms with Crippen LogP contribution in [0.3, 0.4) is 0 Å². The molecule has 0 spiro atoms. The number of carbonyl (C=O) groups is 1. The van der Waals surface area contributed by atoms with Crippen molar-refractivity contribution < 1.29 is 9.90 Å². The van der Waals surface area contributed by atoms with E-state index >= 15 is 0 Å². The summed E-state index contributed by atoms with van der Waals surface area (Å²) in [6, 6.07) is 10.4. The van der Waals surface area contributed by atoms with Crippen molar-refractivity contribution in [2.24, 2.45) is 11.8 Å². The lowest BCUT2D eigenvalue weighted by Crippen LogP contribution is -2.44. The highest BCUT2D eigenvalue weighted by Crippen LogP contribution is 2.19. The van der Waals surface area contributed by atoms with Gasteiger partial charge in [0, 0.05) is 38.0 Å². The van der Waals surface area contributed by atoms with Gasteiger partial charge in [-0.05, 0) is 43.2 Å². The number of benzene rings is 1. The van der Waals surface area contributed by atoms with Crippen molar-refractivity contribution in [3.8, 4) is 0 Å². The molecule has 134 valence electrons. The Balaban J connectivity index is 1.72. The molecular formula is C19H31N3O2. The molecule has 5 nitrogen and oxygen atoms in total. The summed E-state index contributed by atoms with van der Waals surface area (Å²) in [5.74, 6) is 0.908. The molecule has 1 aromatic carbocycles. The van der Waals surface area contributed by atoms with Gasteiger partial charge in [-0.15, -0.1) is 0 Å². The molecule has 1 aliphatic rings. The highest BCUT2D eigenvalue weighted by molar-refractivity contribution is 5.74. The molecule has 5 heteroatoms. The molecule has 0 saturated carbocycles. The number of nitrogens with one attached hydrogen (secondary N) is 2. The number of aliphatic hydroxyl groups is 1. The molecule has 1 aromatic rings. The number of nitrogens with zero attached hydrogens (tertiary/aromatic N) is 1. The smallest absolute Gasteiger partial charge is 0.315 e. The number of rotatable bonds is 8. The molecule has 1 fully saturated rings. The molecule has 2 unspecified atom stereocenters. The van der Waals surface area contributed by atoms with Gasteiger partial charge in [-0.1, -0.05) is 32.0 Å². The zero-order valence-corrected chi connectivity index (χ0v) is 14.9. The van der Waals surface area contributed by atoms with Crippen molar-refractivity contribution in [1.82, 2.24) is 10.6 Å². The predicted molar refractivity (Wildman–Crippen MR) is 98.2 cm³/mol. The van der Waals surface area contributed by atoms with Crippen LogP contribution in [-0.2, 0) is 0 Å². The number of hydrogen-bond acceptors (Lipinski definition) is 3. The van der Waals surface area contributed by atoms with E-state index in [1.54, 1.807) is 0 Å². The average Bonchev–Trinajstić information content (AvgIpc) is 3.02. The highest BCUT2D eigenvalue weighted by atomic mass is 16.3. The van der Waals surface area contributed by atoms with E-state index in [1.165, 1.54) is 5.69 Å². The number of anilines is 1. The van der Waals surface area contributed by atoms with Crippen LogP contribution in [0.5, 0.6) is 0 Å². The Kier molecular flexibility index (Phi) is 7.37. The third-order valence-electron chi connectivity index (χ3n) is 4.54. The molecule has 0 bridgehead atoms. The molecule has 0 aliphatic carbocycles. The minimum absolute atomic E-state index is 0.0957. The van der Waals surface area contributed by atoms with Crippen molar-refractivity contribution in [3.63, 3.8) is 0 Å². The second kappa shape index (κ2) is 9.52. The first-order valence-electron chi connectivity index (χ1n) is 9.03. The Morgan fingerprint density at radius 3 is 2.75 bits per heavy atom. The minimum atomic E-state index is -0.0957. The van der Waals surface area contributed by atoms with Crippen LogP contribution in [-0.4, -0.2) is 43.4 Å². The summed E-state index contributed by atoms with van der Waals surface area (Å²) < 4.78 is 0. The third-order valence-corrected chi connectivity index (χ3v) is 4.54. The van der Waals surface area contributed by atoms with Crippen molar-refractivity contribution in [2.75, 3.05) is 31.1 Å². The minimum Gasteiger partial charge on any atom is -0.396 e. The molecule has 0 radical (unpaired) electrons. The van der Waals surface area contributed by atoms with E-state index in [0.29, 0.717) is 18.4 Å². The fraction of sp³-hybridized carbons (Fsp3) is 0.632. The summed E-state index contributed by atoms with van der Waals surface area (Å²) in [5.41, 5.74) is 1.21. The quantitative estimate of drug-likeness (QED) is 0.685. The molecule has 0 aromatic heterocycles. The first-order valence-corrected chi connectivity index (χ1v) is 9.03. The Morgan fingerprint density at radius 1 is 1.33 bits per heavy atom. The molecule has 1 heterocycles. The summed E-state index contributed by atoms with van der Waals surface area (Å²) >= 11 is 0. The number of amides is 2. The fourth-order valence-electron chi connectivity index (χ4n) is 3.38. The number of hydrogen-bond donors (Lipinski definition) is 3. The summed E-state index contributed by atoms with van der Waals surface area (Å²) in [5, 5.41) is 15.2. The van der Waals surface area contributed by atoms with Crippen LogP contribution in [0.2, 0.25) is 0 Å². The second-order valence-electron chi connectivity index (χ2n) is 7.13. The van der Waals surface area contributed by atoms with Gasteiger partial charge >= 0.3 is 6.03 Å². The summed E-state index contributed by atoms with van der Waals surface area (Å²) in [6.45, 7) is 6.95. The van der Waals surface area contributed by atoms with Crippen molar-refractivity contribution >= 4 is 11.7 Å². The summed E-state index contributed by atoms with van der Waals surface area (Å²) in [6.07, 6.45) is 2.73. The Labute approximate surface area is 145 Å². The largest absolute Gasteiger partial charge is 0.396 e. The van der Waals surface area contributed by atoms with Crippen LogP contribution in [0.15, 0.2) is 30.3 Å². The van der Waals surface area contributed by atoms with Crippen LogP contribution in [0.4, 0.5) is 10.5 Å². The summed E-state index contributed by atoms with van der Waals surface area (Å²) in [7, 11) is 0. The van der Waals surface area contributed by atoms with Gasteiger partial charge in [0.2, 0.25) is 0 Å². The van der Waals surface area contributed by atoms with Crippen molar-refractivity contribution in [1.29, 1.82) is 0 Å². The zero-order chi connectivity index (χ0) is 17.4. The maximum atomic E-state index is 12.1.